The fraction of sp³-hybridized carbons (Fsp3) is 0.357. The molecular formula is C14H15N3O4. The largest absolute Gasteiger partial charge is 0.375 e. The maximum Gasteiger partial charge on any atom is 0.259 e. The van der Waals surface area contributed by atoms with Gasteiger partial charge >= 0.3 is 0 Å². The summed E-state index contributed by atoms with van der Waals surface area (Å²) in [6.45, 7) is 2.04. The lowest BCUT2D eigenvalue weighted by atomic mass is 10.1. The molecule has 2 aliphatic heterocycles. The summed E-state index contributed by atoms with van der Waals surface area (Å²) in [4.78, 5) is 34.9. The van der Waals surface area contributed by atoms with Crippen molar-refractivity contribution >= 4 is 23.4 Å². The van der Waals surface area contributed by atoms with Gasteiger partial charge in [-0.1, -0.05) is 0 Å². The molecule has 0 aliphatic carbocycles. The highest BCUT2D eigenvalue weighted by atomic mass is 16.5. The highest BCUT2D eigenvalue weighted by molar-refractivity contribution is 6.22. The summed E-state index contributed by atoms with van der Waals surface area (Å²) < 4.78 is 5.46. The molecule has 0 aromatic heterocycles. The molecule has 3 amide bonds. The number of ether oxygens (including phenoxy) is 1. The van der Waals surface area contributed by atoms with E-state index in [1.807, 2.05) is 0 Å². The second-order valence-corrected chi connectivity index (χ2v) is 4.99. The molecule has 1 aromatic carbocycles. The molecule has 0 radical (unpaired) electrons. The molecule has 1 atom stereocenters. The molecular weight excluding hydrogens is 274 g/mol. The fourth-order valence-electron chi connectivity index (χ4n) is 2.42. The second kappa shape index (κ2) is 5.63. The molecule has 2 aliphatic rings. The van der Waals surface area contributed by atoms with Gasteiger partial charge in [-0.05, 0) is 18.2 Å². The minimum Gasteiger partial charge on any atom is -0.375 e. The molecule has 2 heterocycles. The molecule has 1 fully saturated rings. The summed E-state index contributed by atoms with van der Waals surface area (Å²) in [6, 6.07) is 4.65. The number of imide groups is 1. The van der Waals surface area contributed by atoms with Crippen LogP contribution in [0.5, 0.6) is 0 Å². The fourth-order valence-corrected chi connectivity index (χ4v) is 2.42. The second-order valence-electron chi connectivity index (χ2n) is 4.99. The van der Waals surface area contributed by atoms with Crippen LogP contribution in [-0.4, -0.2) is 43.5 Å². The van der Waals surface area contributed by atoms with E-state index in [4.69, 9.17) is 4.74 Å². The molecule has 1 saturated heterocycles. The molecule has 21 heavy (non-hydrogen) atoms. The van der Waals surface area contributed by atoms with Crippen LogP contribution in [0.25, 0.3) is 0 Å². The highest BCUT2D eigenvalue weighted by Gasteiger charge is 2.27. The number of hydrogen-bond donors (Lipinski definition) is 3. The molecule has 3 N–H and O–H groups in total. The number of carbonyl (C=O) groups excluding carboxylic acids is 3. The molecule has 1 aromatic rings. The van der Waals surface area contributed by atoms with E-state index < -0.39 is 11.8 Å². The predicted octanol–water partition coefficient (Wildman–Crippen LogP) is -0.113. The first-order valence-electron chi connectivity index (χ1n) is 6.75. The molecule has 110 valence electrons. The number of benzene rings is 1. The summed E-state index contributed by atoms with van der Waals surface area (Å²) in [5.41, 5.74) is 1.11. The Kier molecular flexibility index (Phi) is 3.68. The predicted molar refractivity (Wildman–Crippen MR) is 74.1 cm³/mol. The van der Waals surface area contributed by atoms with Gasteiger partial charge in [0.1, 0.15) is 0 Å². The average Bonchev–Trinajstić information content (AvgIpc) is 2.74. The lowest BCUT2D eigenvalue weighted by Gasteiger charge is -2.23. The van der Waals surface area contributed by atoms with E-state index in [1.165, 1.54) is 12.1 Å². The van der Waals surface area contributed by atoms with Crippen LogP contribution in [0.2, 0.25) is 0 Å². The SMILES string of the molecule is O=C(CC1CNCCO1)Nc1ccc2c(c1)C(=O)NC2=O. The van der Waals surface area contributed by atoms with Crippen molar-refractivity contribution in [2.75, 3.05) is 25.0 Å². The first kappa shape index (κ1) is 13.7. The smallest absolute Gasteiger partial charge is 0.259 e. The quantitative estimate of drug-likeness (QED) is 0.675. The van der Waals surface area contributed by atoms with E-state index in [-0.39, 0.29) is 24.0 Å². The number of hydrogen-bond acceptors (Lipinski definition) is 5. The van der Waals surface area contributed by atoms with Crippen LogP contribution in [0.15, 0.2) is 18.2 Å². The number of morpholine rings is 1. The first-order chi connectivity index (χ1) is 10.1. The Morgan fingerprint density at radius 1 is 1.29 bits per heavy atom. The van der Waals surface area contributed by atoms with Gasteiger partial charge in [0, 0.05) is 18.8 Å². The molecule has 0 bridgehead atoms. The highest BCUT2D eigenvalue weighted by Crippen LogP contribution is 2.20. The van der Waals surface area contributed by atoms with Crippen molar-refractivity contribution in [2.45, 2.75) is 12.5 Å². The minimum atomic E-state index is -0.439. The van der Waals surface area contributed by atoms with Crippen LogP contribution >= 0.6 is 0 Å². The van der Waals surface area contributed by atoms with Gasteiger partial charge in [0.15, 0.2) is 0 Å². The molecule has 0 spiro atoms. The van der Waals surface area contributed by atoms with Gasteiger partial charge < -0.3 is 15.4 Å². The third kappa shape index (κ3) is 2.93. The Bertz CT molecular complexity index is 608. The standard InChI is InChI=1S/C14H15N3O4/c18-12(6-9-7-15-3-4-21-9)16-8-1-2-10-11(5-8)14(20)17-13(10)19/h1-2,5,9,15H,3-4,6-7H2,(H,16,18)(H,17,19,20). The number of carbonyl (C=O) groups is 3. The third-order valence-electron chi connectivity index (χ3n) is 3.44. The van der Waals surface area contributed by atoms with E-state index >= 15 is 0 Å². The molecule has 7 nitrogen and oxygen atoms in total. The third-order valence-corrected chi connectivity index (χ3v) is 3.44. The van der Waals surface area contributed by atoms with Gasteiger partial charge in [0.05, 0.1) is 30.3 Å². The van der Waals surface area contributed by atoms with Crippen molar-refractivity contribution in [1.29, 1.82) is 0 Å². The van der Waals surface area contributed by atoms with E-state index in [0.717, 1.165) is 6.54 Å². The van der Waals surface area contributed by atoms with Crippen LogP contribution in [-0.2, 0) is 9.53 Å². The summed E-state index contributed by atoms with van der Waals surface area (Å²) >= 11 is 0. The molecule has 3 rings (SSSR count). The van der Waals surface area contributed by atoms with Gasteiger partial charge in [0.25, 0.3) is 11.8 Å². The number of anilines is 1. The summed E-state index contributed by atoms with van der Waals surface area (Å²) in [5, 5.41) is 8.08. The van der Waals surface area contributed by atoms with Gasteiger partial charge in [-0.3, -0.25) is 19.7 Å². The zero-order valence-electron chi connectivity index (χ0n) is 11.3. The monoisotopic (exact) mass is 289 g/mol. The normalized spacial score (nSPS) is 20.9. The number of amides is 3. The van der Waals surface area contributed by atoms with Crippen molar-refractivity contribution < 1.29 is 19.1 Å². The van der Waals surface area contributed by atoms with Crippen molar-refractivity contribution in [3.8, 4) is 0 Å². The number of rotatable bonds is 3. The van der Waals surface area contributed by atoms with Crippen LogP contribution in [0.4, 0.5) is 5.69 Å². The first-order valence-corrected chi connectivity index (χ1v) is 6.75. The Hall–Kier alpha value is -2.25. The maximum atomic E-state index is 11.9. The van der Waals surface area contributed by atoms with Gasteiger partial charge in [0.2, 0.25) is 5.91 Å². The topological polar surface area (TPSA) is 96.5 Å². The Morgan fingerprint density at radius 3 is 2.86 bits per heavy atom. The van der Waals surface area contributed by atoms with Gasteiger partial charge in [-0.2, -0.15) is 0 Å². The minimum absolute atomic E-state index is 0.141. The van der Waals surface area contributed by atoms with E-state index in [1.54, 1.807) is 6.07 Å². The van der Waals surface area contributed by atoms with Crippen molar-refractivity contribution in [2.24, 2.45) is 0 Å². The summed E-state index contributed by atoms with van der Waals surface area (Å²) in [6.07, 6.45) is 0.105. The van der Waals surface area contributed by atoms with E-state index in [2.05, 4.69) is 16.0 Å². The Balaban J connectivity index is 1.65. The van der Waals surface area contributed by atoms with E-state index in [9.17, 15) is 14.4 Å². The number of nitrogens with one attached hydrogen (secondary N) is 3. The molecule has 1 unspecified atom stereocenters. The molecule has 7 heteroatoms. The maximum absolute atomic E-state index is 11.9. The van der Waals surface area contributed by atoms with Gasteiger partial charge in [-0.25, -0.2) is 0 Å². The zero-order chi connectivity index (χ0) is 14.8. The Morgan fingerprint density at radius 2 is 2.10 bits per heavy atom. The van der Waals surface area contributed by atoms with Crippen molar-refractivity contribution in [3.05, 3.63) is 29.3 Å². The van der Waals surface area contributed by atoms with Crippen molar-refractivity contribution in [1.82, 2.24) is 10.6 Å². The van der Waals surface area contributed by atoms with Crippen LogP contribution in [0, 0.1) is 0 Å². The lowest BCUT2D eigenvalue weighted by Crippen LogP contribution is -2.40. The molecule has 0 saturated carbocycles. The van der Waals surface area contributed by atoms with Crippen LogP contribution in [0.3, 0.4) is 0 Å². The zero-order valence-corrected chi connectivity index (χ0v) is 11.3. The lowest BCUT2D eigenvalue weighted by molar-refractivity contribution is -0.119. The van der Waals surface area contributed by atoms with Gasteiger partial charge in [-0.15, -0.1) is 0 Å². The van der Waals surface area contributed by atoms with Crippen LogP contribution in [0.1, 0.15) is 27.1 Å². The Labute approximate surface area is 121 Å². The summed E-state index contributed by atoms with van der Waals surface area (Å²) in [5.74, 6) is -1.03. The number of fused-ring (bicyclic) bond motifs is 1. The van der Waals surface area contributed by atoms with E-state index in [0.29, 0.717) is 24.4 Å². The summed E-state index contributed by atoms with van der Waals surface area (Å²) in [7, 11) is 0. The van der Waals surface area contributed by atoms with Crippen molar-refractivity contribution in [3.63, 3.8) is 0 Å². The van der Waals surface area contributed by atoms with Crippen LogP contribution < -0.4 is 16.0 Å². The average molecular weight is 289 g/mol.